The van der Waals surface area contributed by atoms with E-state index in [1.807, 2.05) is 4.90 Å². The summed E-state index contributed by atoms with van der Waals surface area (Å²) in [6.45, 7) is 2.88. The van der Waals surface area contributed by atoms with E-state index in [1.165, 1.54) is 6.42 Å². The Hall–Kier alpha value is -0.930. The normalized spacial score (nSPS) is 19.7. The minimum absolute atomic E-state index is 0.0828. The van der Waals surface area contributed by atoms with Crippen molar-refractivity contribution in [3.63, 3.8) is 0 Å². The Morgan fingerprint density at radius 3 is 2.56 bits per heavy atom. The van der Waals surface area contributed by atoms with Gasteiger partial charge in [0.05, 0.1) is 0 Å². The molecule has 1 atom stereocenters. The average Bonchev–Trinajstić information content (AvgIpc) is 2.27. The second-order valence-electron chi connectivity index (χ2n) is 4.63. The number of carbonyl (C=O) groups excluding carboxylic acids is 1. The lowest BCUT2D eigenvalue weighted by Gasteiger charge is -2.33. The van der Waals surface area contributed by atoms with E-state index in [9.17, 15) is 4.79 Å². The zero-order chi connectivity index (χ0) is 13.1. The lowest BCUT2D eigenvalue weighted by Crippen LogP contribution is -2.44. The number of amides is 2. The summed E-state index contributed by atoms with van der Waals surface area (Å²) in [5, 5.41) is 3.88. The Bertz CT molecular complexity index is 430. The summed E-state index contributed by atoms with van der Waals surface area (Å²) in [6, 6.07) is 5.23. The standard InChI is InChI=1S/C13H16Cl2N2O/c1-9-4-2-3-5-17(9)13(18)16-12-7-10(14)6-11(15)8-12/h6-9H,2-5H2,1H3,(H,16,18)/t9-/m0/s1. The van der Waals surface area contributed by atoms with Crippen LogP contribution in [-0.4, -0.2) is 23.5 Å². The first-order valence-electron chi connectivity index (χ1n) is 6.10. The smallest absolute Gasteiger partial charge is 0.322 e. The highest BCUT2D eigenvalue weighted by Gasteiger charge is 2.23. The van der Waals surface area contributed by atoms with Crippen molar-refractivity contribution in [2.45, 2.75) is 32.2 Å². The van der Waals surface area contributed by atoms with Crippen molar-refractivity contribution in [3.8, 4) is 0 Å². The van der Waals surface area contributed by atoms with Crippen molar-refractivity contribution in [1.29, 1.82) is 0 Å². The summed E-state index contributed by atoms with van der Waals surface area (Å²) in [4.78, 5) is 14.0. The fraction of sp³-hybridized carbons (Fsp3) is 0.462. The van der Waals surface area contributed by atoms with E-state index in [1.54, 1.807) is 18.2 Å². The van der Waals surface area contributed by atoms with Gasteiger partial charge in [-0.15, -0.1) is 0 Å². The number of carbonyl (C=O) groups is 1. The number of rotatable bonds is 1. The summed E-state index contributed by atoms with van der Waals surface area (Å²) < 4.78 is 0. The van der Waals surface area contributed by atoms with Crippen molar-refractivity contribution in [2.24, 2.45) is 0 Å². The highest BCUT2D eigenvalue weighted by atomic mass is 35.5. The van der Waals surface area contributed by atoms with Gasteiger partial charge in [0.25, 0.3) is 0 Å². The molecule has 0 saturated carbocycles. The number of benzene rings is 1. The Morgan fingerprint density at radius 1 is 1.28 bits per heavy atom. The molecule has 0 radical (unpaired) electrons. The highest BCUT2D eigenvalue weighted by molar-refractivity contribution is 6.35. The lowest BCUT2D eigenvalue weighted by molar-refractivity contribution is 0.170. The molecule has 1 aliphatic rings. The predicted molar refractivity (Wildman–Crippen MR) is 75.5 cm³/mol. The summed E-state index contributed by atoms with van der Waals surface area (Å²) in [5.74, 6) is 0. The highest BCUT2D eigenvalue weighted by Crippen LogP contribution is 2.24. The zero-order valence-electron chi connectivity index (χ0n) is 10.2. The van der Waals surface area contributed by atoms with Crippen LogP contribution >= 0.6 is 23.2 Å². The molecule has 0 unspecified atom stereocenters. The van der Waals surface area contributed by atoms with Crippen LogP contribution in [0.3, 0.4) is 0 Å². The molecular formula is C13H16Cl2N2O. The molecule has 1 heterocycles. The van der Waals surface area contributed by atoms with Gasteiger partial charge in [-0.2, -0.15) is 0 Å². The summed E-state index contributed by atoms with van der Waals surface area (Å²) >= 11 is 11.8. The molecule has 0 spiro atoms. The maximum absolute atomic E-state index is 12.1. The van der Waals surface area contributed by atoms with Gasteiger partial charge in [-0.3, -0.25) is 0 Å². The van der Waals surface area contributed by atoms with Crippen molar-refractivity contribution in [3.05, 3.63) is 28.2 Å². The Kier molecular flexibility index (Phi) is 4.36. The number of urea groups is 1. The van der Waals surface area contributed by atoms with E-state index in [0.717, 1.165) is 19.4 Å². The van der Waals surface area contributed by atoms with Gasteiger partial charge >= 0.3 is 6.03 Å². The van der Waals surface area contributed by atoms with Crippen LogP contribution in [0.15, 0.2) is 18.2 Å². The zero-order valence-corrected chi connectivity index (χ0v) is 11.8. The van der Waals surface area contributed by atoms with Crippen molar-refractivity contribution >= 4 is 34.9 Å². The van der Waals surface area contributed by atoms with E-state index >= 15 is 0 Å². The minimum Gasteiger partial charge on any atom is -0.322 e. The molecule has 0 aromatic heterocycles. The van der Waals surface area contributed by atoms with Gasteiger partial charge in [0.1, 0.15) is 0 Å². The maximum Gasteiger partial charge on any atom is 0.322 e. The number of hydrogen-bond donors (Lipinski definition) is 1. The van der Waals surface area contributed by atoms with Gasteiger partial charge in [-0.1, -0.05) is 23.2 Å². The molecule has 1 N–H and O–H groups in total. The van der Waals surface area contributed by atoms with Gasteiger partial charge in [0, 0.05) is 28.3 Å². The lowest BCUT2D eigenvalue weighted by atomic mass is 10.0. The first-order chi connectivity index (χ1) is 8.56. The van der Waals surface area contributed by atoms with Gasteiger partial charge in [0.2, 0.25) is 0 Å². The fourth-order valence-electron chi connectivity index (χ4n) is 2.22. The number of halogens is 2. The minimum atomic E-state index is -0.0828. The number of hydrogen-bond acceptors (Lipinski definition) is 1. The second-order valence-corrected chi connectivity index (χ2v) is 5.50. The number of nitrogens with one attached hydrogen (secondary N) is 1. The third-order valence-electron chi connectivity index (χ3n) is 3.18. The molecule has 0 bridgehead atoms. The van der Waals surface area contributed by atoms with Crippen molar-refractivity contribution < 1.29 is 4.79 Å². The first-order valence-corrected chi connectivity index (χ1v) is 6.85. The largest absolute Gasteiger partial charge is 0.322 e. The van der Waals surface area contributed by atoms with E-state index in [2.05, 4.69) is 12.2 Å². The molecule has 2 rings (SSSR count). The van der Waals surface area contributed by atoms with E-state index in [4.69, 9.17) is 23.2 Å². The van der Waals surface area contributed by atoms with Crippen LogP contribution in [0.5, 0.6) is 0 Å². The number of anilines is 1. The third-order valence-corrected chi connectivity index (χ3v) is 3.61. The quantitative estimate of drug-likeness (QED) is 0.815. The van der Waals surface area contributed by atoms with Crippen LogP contribution in [0.25, 0.3) is 0 Å². The topological polar surface area (TPSA) is 32.3 Å². The van der Waals surface area contributed by atoms with Gasteiger partial charge < -0.3 is 10.2 Å². The summed E-state index contributed by atoms with van der Waals surface area (Å²) in [6.07, 6.45) is 3.31. The van der Waals surface area contributed by atoms with Crippen LogP contribution in [0.4, 0.5) is 10.5 Å². The molecule has 1 saturated heterocycles. The van der Waals surface area contributed by atoms with Crippen LogP contribution in [0.2, 0.25) is 10.0 Å². The molecule has 3 nitrogen and oxygen atoms in total. The molecule has 1 aromatic rings. The number of likely N-dealkylation sites (tertiary alicyclic amines) is 1. The molecule has 1 aliphatic heterocycles. The Labute approximate surface area is 117 Å². The monoisotopic (exact) mass is 286 g/mol. The summed E-state index contributed by atoms with van der Waals surface area (Å²) in [5.41, 5.74) is 0.635. The molecule has 18 heavy (non-hydrogen) atoms. The Morgan fingerprint density at radius 2 is 1.94 bits per heavy atom. The molecule has 5 heteroatoms. The summed E-state index contributed by atoms with van der Waals surface area (Å²) in [7, 11) is 0. The average molecular weight is 287 g/mol. The van der Waals surface area contributed by atoms with E-state index < -0.39 is 0 Å². The van der Waals surface area contributed by atoms with E-state index in [0.29, 0.717) is 15.7 Å². The first kappa shape index (κ1) is 13.5. The van der Waals surface area contributed by atoms with E-state index in [-0.39, 0.29) is 12.1 Å². The number of piperidine rings is 1. The van der Waals surface area contributed by atoms with Crippen molar-refractivity contribution in [1.82, 2.24) is 4.90 Å². The van der Waals surface area contributed by atoms with Crippen LogP contribution < -0.4 is 5.32 Å². The van der Waals surface area contributed by atoms with Gasteiger partial charge in [-0.05, 0) is 44.4 Å². The van der Waals surface area contributed by atoms with Gasteiger partial charge in [-0.25, -0.2) is 4.79 Å². The second kappa shape index (κ2) is 5.81. The SMILES string of the molecule is C[C@H]1CCCCN1C(=O)Nc1cc(Cl)cc(Cl)c1. The number of nitrogens with zero attached hydrogens (tertiary/aromatic N) is 1. The third kappa shape index (κ3) is 3.30. The fourth-order valence-corrected chi connectivity index (χ4v) is 2.75. The van der Waals surface area contributed by atoms with Crippen LogP contribution in [-0.2, 0) is 0 Å². The Balaban J connectivity index is 2.06. The van der Waals surface area contributed by atoms with Crippen molar-refractivity contribution in [2.75, 3.05) is 11.9 Å². The van der Waals surface area contributed by atoms with Crippen LogP contribution in [0.1, 0.15) is 26.2 Å². The predicted octanol–water partition coefficient (Wildman–Crippen LogP) is 4.40. The maximum atomic E-state index is 12.1. The molecule has 98 valence electrons. The molecule has 2 amide bonds. The van der Waals surface area contributed by atoms with Crippen LogP contribution in [0, 0.1) is 0 Å². The molecule has 0 aliphatic carbocycles. The molecule has 1 aromatic carbocycles. The molecule has 1 fully saturated rings. The molecular weight excluding hydrogens is 271 g/mol. The van der Waals surface area contributed by atoms with Gasteiger partial charge in [0.15, 0.2) is 0 Å².